The van der Waals surface area contributed by atoms with Crippen LogP contribution < -0.4 is 11.3 Å². The van der Waals surface area contributed by atoms with E-state index in [1.54, 1.807) is 31.2 Å². The number of para-hydroxylation sites is 1. The third-order valence-electron chi connectivity index (χ3n) is 4.06. The number of hydrogen-bond acceptors (Lipinski definition) is 5. The molecule has 3 N–H and O–H groups in total. The molecule has 26 heavy (non-hydrogen) atoms. The van der Waals surface area contributed by atoms with Crippen molar-refractivity contribution >= 4 is 44.3 Å². The molecule has 2 aromatic carbocycles. The Morgan fingerprint density at radius 3 is 2.58 bits per heavy atom. The molecular formula is C17H13BrN4O4. The largest absolute Gasteiger partial charge is 0.290 e. The molecule has 0 unspecified atom stereocenters. The van der Waals surface area contributed by atoms with Crippen molar-refractivity contribution in [3.63, 3.8) is 0 Å². The highest BCUT2D eigenvalue weighted by atomic mass is 79.9. The number of carbonyl (C=O) groups is 2. The fraction of sp³-hybridized carbons (Fsp3) is 0.0588. The Morgan fingerprint density at radius 1 is 1.23 bits per heavy atom. The maximum Gasteiger partial charge on any atom is 0.284 e. The van der Waals surface area contributed by atoms with E-state index in [1.807, 2.05) is 0 Å². The number of hydrazine groups is 1. The summed E-state index contributed by atoms with van der Waals surface area (Å²) in [4.78, 5) is 35.8. The minimum absolute atomic E-state index is 0.128. The van der Waals surface area contributed by atoms with Gasteiger partial charge in [0.15, 0.2) is 0 Å². The lowest BCUT2D eigenvalue weighted by Crippen LogP contribution is -2.30. The van der Waals surface area contributed by atoms with Gasteiger partial charge >= 0.3 is 0 Å². The van der Waals surface area contributed by atoms with Crippen LogP contribution in [0.3, 0.4) is 0 Å². The molecule has 3 rings (SSSR count). The number of carbonyl (C=O) groups excluding carboxylic acids is 2. The quantitative estimate of drug-likeness (QED) is 0.294. The van der Waals surface area contributed by atoms with Crippen molar-refractivity contribution < 1.29 is 14.5 Å². The minimum atomic E-state index is -0.575. The lowest BCUT2D eigenvalue weighted by molar-refractivity contribution is -0.385. The zero-order valence-electron chi connectivity index (χ0n) is 13.5. The molecule has 0 aliphatic carbocycles. The number of nitrogens with one attached hydrogen (secondary N) is 1. The maximum atomic E-state index is 13.1. The first-order valence-electron chi connectivity index (χ1n) is 7.46. The molecule has 0 saturated heterocycles. The topological polar surface area (TPSA) is 120 Å². The van der Waals surface area contributed by atoms with Crippen LogP contribution in [0.25, 0.3) is 10.9 Å². The number of nitro groups is 1. The number of rotatable bonds is 3. The molecule has 0 aliphatic heterocycles. The molecule has 1 aromatic heterocycles. The fourth-order valence-electron chi connectivity index (χ4n) is 2.90. The number of nitro benzene ring substituents is 1. The van der Waals surface area contributed by atoms with E-state index in [0.29, 0.717) is 16.6 Å². The van der Waals surface area contributed by atoms with Gasteiger partial charge in [-0.25, -0.2) is 5.84 Å². The van der Waals surface area contributed by atoms with Gasteiger partial charge in [0.25, 0.3) is 17.5 Å². The van der Waals surface area contributed by atoms with Crippen molar-refractivity contribution in [2.45, 2.75) is 6.92 Å². The van der Waals surface area contributed by atoms with E-state index < -0.39 is 16.7 Å². The SMILES string of the molecule is Cc1c(C(=O)NN)c2ccccc2n1C(=O)c1ccc(Br)c([N+](=O)[O-])c1. The summed E-state index contributed by atoms with van der Waals surface area (Å²) in [6.45, 7) is 1.62. The van der Waals surface area contributed by atoms with Gasteiger partial charge in [-0.1, -0.05) is 18.2 Å². The summed E-state index contributed by atoms with van der Waals surface area (Å²) in [6.07, 6.45) is 0. The highest BCUT2D eigenvalue weighted by Crippen LogP contribution is 2.29. The molecule has 9 heteroatoms. The average Bonchev–Trinajstić information content (AvgIpc) is 2.92. The molecule has 8 nitrogen and oxygen atoms in total. The maximum absolute atomic E-state index is 13.1. The average molecular weight is 417 g/mol. The smallest absolute Gasteiger partial charge is 0.284 e. The van der Waals surface area contributed by atoms with E-state index in [-0.39, 0.29) is 21.3 Å². The van der Waals surface area contributed by atoms with Gasteiger partial charge < -0.3 is 0 Å². The van der Waals surface area contributed by atoms with Crippen molar-refractivity contribution in [3.8, 4) is 0 Å². The standard InChI is InChI=1S/C17H13BrN4O4/c1-9-15(16(23)20-19)11-4-2-3-5-13(11)21(9)17(24)10-6-7-12(18)14(8-10)22(25)26/h2-8H,19H2,1H3,(H,20,23). The molecule has 132 valence electrons. The van der Waals surface area contributed by atoms with Crippen molar-refractivity contribution in [1.29, 1.82) is 0 Å². The molecule has 0 atom stereocenters. The summed E-state index contributed by atoms with van der Waals surface area (Å²) in [5, 5.41) is 11.7. The Kier molecular flexibility index (Phi) is 4.58. The number of amides is 1. The predicted octanol–water partition coefficient (Wildman–Crippen LogP) is 2.91. The van der Waals surface area contributed by atoms with Crippen LogP contribution in [0.15, 0.2) is 46.9 Å². The Balaban J connectivity index is 2.25. The van der Waals surface area contributed by atoms with Crippen molar-refractivity contribution in [3.05, 3.63) is 73.9 Å². The zero-order chi connectivity index (χ0) is 19.0. The van der Waals surface area contributed by atoms with Gasteiger partial charge in [-0.15, -0.1) is 0 Å². The first-order valence-corrected chi connectivity index (χ1v) is 8.25. The number of aromatic nitrogens is 1. The fourth-order valence-corrected chi connectivity index (χ4v) is 3.29. The van der Waals surface area contributed by atoms with Crippen LogP contribution in [-0.2, 0) is 0 Å². The summed E-state index contributed by atoms with van der Waals surface area (Å²) in [7, 11) is 0. The third-order valence-corrected chi connectivity index (χ3v) is 4.73. The van der Waals surface area contributed by atoms with E-state index in [9.17, 15) is 19.7 Å². The summed E-state index contributed by atoms with van der Waals surface area (Å²) >= 11 is 3.10. The second kappa shape index (κ2) is 6.70. The molecular weight excluding hydrogens is 404 g/mol. The van der Waals surface area contributed by atoms with Gasteiger partial charge in [0, 0.05) is 22.7 Å². The first-order chi connectivity index (χ1) is 12.4. The van der Waals surface area contributed by atoms with Crippen molar-refractivity contribution in [2.24, 2.45) is 5.84 Å². The predicted molar refractivity (Wildman–Crippen MR) is 98.9 cm³/mol. The van der Waals surface area contributed by atoms with Crippen LogP contribution >= 0.6 is 15.9 Å². The monoisotopic (exact) mass is 416 g/mol. The minimum Gasteiger partial charge on any atom is -0.290 e. The second-order valence-electron chi connectivity index (χ2n) is 5.51. The highest BCUT2D eigenvalue weighted by Gasteiger charge is 2.24. The Hall–Kier alpha value is -3.04. The molecule has 0 spiro atoms. The molecule has 0 fully saturated rings. The van der Waals surface area contributed by atoms with Gasteiger partial charge in [-0.05, 0) is 41.1 Å². The van der Waals surface area contributed by atoms with Crippen LogP contribution in [0.5, 0.6) is 0 Å². The lowest BCUT2D eigenvalue weighted by atomic mass is 10.1. The van der Waals surface area contributed by atoms with Gasteiger partial charge in [-0.2, -0.15) is 0 Å². The number of benzene rings is 2. The van der Waals surface area contributed by atoms with Crippen molar-refractivity contribution in [2.75, 3.05) is 0 Å². The van der Waals surface area contributed by atoms with Gasteiger partial charge in [0.1, 0.15) is 0 Å². The first kappa shape index (κ1) is 17.8. The van der Waals surface area contributed by atoms with Crippen LogP contribution in [0.2, 0.25) is 0 Å². The number of halogens is 1. The number of nitrogens with two attached hydrogens (primary N) is 1. The molecule has 3 aromatic rings. The van der Waals surface area contributed by atoms with E-state index in [4.69, 9.17) is 5.84 Å². The summed E-state index contributed by atoms with van der Waals surface area (Å²) in [6, 6.07) is 11.0. The van der Waals surface area contributed by atoms with Gasteiger partial charge in [0.2, 0.25) is 0 Å². The molecule has 0 bridgehead atoms. The van der Waals surface area contributed by atoms with Crippen molar-refractivity contribution in [1.82, 2.24) is 9.99 Å². The second-order valence-corrected chi connectivity index (χ2v) is 6.37. The molecule has 1 amide bonds. The van der Waals surface area contributed by atoms with E-state index in [0.717, 1.165) is 0 Å². The Bertz CT molecular complexity index is 1070. The summed E-state index contributed by atoms with van der Waals surface area (Å²) in [5.41, 5.74) is 3.18. The number of nitrogens with zero attached hydrogens (tertiary/aromatic N) is 2. The summed E-state index contributed by atoms with van der Waals surface area (Å²) in [5.74, 6) is 4.25. The molecule has 1 heterocycles. The summed E-state index contributed by atoms with van der Waals surface area (Å²) < 4.78 is 1.63. The van der Waals surface area contributed by atoms with Crippen LogP contribution in [0.4, 0.5) is 5.69 Å². The Morgan fingerprint density at radius 2 is 1.92 bits per heavy atom. The molecule has 0 saturated carbocycles. The van der Waals surface area contributed by atoms with Crippen LogP contribution in [-0.4, -0.2) is 21.3 Å². The van der Waals surface area contributed by atoms with E-state index in [2.05, 4.69) is 21.4 Å². The lowest BCUT2D eigenvalue weighted by Gasteiger charge is -2.08. The number of nitrogen functional groups attached to an aromatic ring is 1. The normalized spacial score (nSPS) is 10.7. The van der Waals surface area contributed by atoms with Gasteiger partial charge in [-0.3, -0.25) is 29.7 Å². The van der Waals surface area contributed by atoms with Crippen LogP contribution in [0, 0.1) is 17.0 Å². The number of fused-ring (bicyclic) bond motifs is 1. The third kappa shape index (κ3) is 2.76. The number of hydrogen-bond donors (Lipinski definition) is 2. The molecule has 0 radical (unpaired) electrons. The van der Waals surface area contributed by atoms with Crippen LogP contribution in [0.1, 0.15) is 26.4 Å². The highest BCUT2D eigenvalue weighted by molar-refractivity contribution is 9.10. The van der Waals surface area contributed by atoms with Gasteiger partial charge in [0.05, 0.1) is 20.5 Å². The zero-order valence-corrected chi connectivity index (χ0v) is 15.1. The molecule has 0 aliphatic rings. The van der Waals surface area contributed by atoms with E-state index >= 15 is 0 Å². The van der Waals surface area contributed by atoms with E-state index in [1.165, 1.54) is 22.8 Å². The Labute approximate surface area is 155 Å².